The normalized spacial score (nSPS) is 18.0. The van der Waals surface area contributed by atoms with Crippen molar-refractivity contribution in [2.24, 2.45) is 5.92 Å². The van der Waals surface area contributed by atoms with Crippen LogP contribution in [-0.2, 0) is 21.2 Å². The third-order valence-electron chi connectivity index (χ3n) is 7.36. The number of ether oxygens (including phenoxy) is 1. The summed E-state index contributed by atoms with van der Waals surface area (Å²) in [6.45, 7) is 7.29. The third-order valence-corrected chi connectivity index (χ3v) is 9.01. The summed E-state index contributed by atoms with van der Waals surface area (Å²) in [7, 11) is -2.30. The number of sulfonamides is 1. The Kier molecular flexibility index (Phi) is 9.88. The summed E-state index contributed by atoms with van der Waals surface area (Å²) in [6, 6.07) is 9.62. The number of fused-ring (bicyclic) bond motifs is 1. The number of hydrogen-bond acceptors (Lipinski definition) is 8. The van der Waals surface area contributed by atoms with Crippen LogP contribution >= 0.6 is 11.6 Å². The Morgan fingerprint density at radius 1 is 1.23 bits per heavy atom. The summed E-state index contributed by atoms with van der Waals surface area (Å²) >= 11 is 5.90. The highest BCUT2D eigenvalue weighted by atomic mass is 35.5. The lowest BCUT2D eigenvalue weighted by molar-refractivity contribution is -0.134. The molecule has 0 spiro atoms. The Hall–Kier alpha value is -3.81. The number of aryl methyl sites for hydroxylation is 2. The zero-order chi connectivity index (χ0) is 31.5. The number of amides is 3. The number of anilines is 2. The van der Waals surface area contributed by atoms with Crippen molar-refractivity contribution in [3.8, 4) is 5.75 Å². The van der Waals surface area contributed by atoms with Gasteiger partial charge in [0.2, 0.25) is 5.91 Å². The molecule has 3 amide bonds. The van der Waals surface area contributed by atoms with Crippen LogP contribution in [0.1, 0.15) is 30.9 Å². The smallest absolute Gasteiger partial charge is 0.321 e. The molecular weight excluding hydrogens is 598 g/mol. The van der Waals surface area contributed by atoms with Gasteiger partial charge in [-0.05, 0) is 63.2 Å². The molecule has 3 atom stereocenters. The second kappa shape index (κ2) is 13.2. The average Bonchev–Trinajstić information content (AvgIpc) is 3.29. The number of hydrogen-bond donors (Lipinski definition) is 3. The van der Waals surface area contributed by atoms with Crippen LogP contribution < -0.4 is 14.8 Å². The van der Waals surface area contributed by atoms with Gasteiger partial charge in [-0.25, -0.2) is 13.2 Å². The van der Waals surface area contributed by atoms with Crippen LogP contribution in [0, 0.1) is 19.8 Å². The molecule has 0 saturated heterocycles. The van der Waals surface area contributed by atoms with Gasteiger partial charge in [0.1, 0.15) is 23.2 Å². The van der Waals surface area contributed by atoms with E-state index in [1.807, 2.05) is 6.92 Å². The van der Waals surface area contributed by atoms with Crippen molar-refractivity contribution in [1.82, 2.24) is 15.0 Å². The second-order valence-electron chi connectivity index (χ2n) is 10.8. The quantitative estimate of drug-likeness (QED) is 0.336. The van der Waals surface area contributed by atoms with Crippen molar-refractivity contribution in [3.05, 3.63) is 64.5 Å². The summed E-state index contributed by atoms with van der Waals surface area (Å²) in [5, 5.41) is 17.0. The van der Waals surface area contributed by atoms with E-state index in [4.69, 9.17) is 20.9 Å². The van der Waals surface area contributed by atoms with Crippen molar-refractivity contribution in [3.63, 3.8) is 0 Å². The Morgan fingerprint density at radius 2 is 1.93 bits per heavy atom. The van der Waals surface area contributed by atoms with E-state index in [0.717, 1.165) is 0 Å². The fourth-order valence-corrected chi connectivity index (χ4v) is 5.93. The van der Waals surface area contributed by atoms with E-state index in [1.165, 1.54) is 29.2 Å². The van der Waals surface area contributed by atoms with Gasteiger partial charge in [-0.3, -0.25) is 9.52 Å². The molecule has 12 nitrogen and oxygen atoms in total. The number of benzene rings is 2. The van der Waals surface area contributed by atoms with Crippen LogP contribution in [0.15, 0.2) is 51.9 Å². The topological polar surface area (TPSA) is 154 Å². The molecule has 3 aromatic rings. The number of urea groups is 1. The largest absolute Gasteiger partial charge is 0.488 e. The van der Waals surface area contributed by atoms with Gasteiger partial charge < -0.3 is 29.5 Å². The Balaban J connectivity index is 1.62. The number of nitrogens with zero attached hydrogens (tertiary/aromatic N) is 3. The van der Waals surface area contributed by atoms with E-state index >= 15 is 0 Å². The van der Waals surface area contributed by atoms with Crippen LogP contribution in [0.25, 0.3) is 0 Å². The van der Waals surface area contributed by atoms with Crippen LogP contribution in [0.3, 0.4) is 0 Å². The van der Waals surface area contributed by atoms with Crippen molar-refractivity contribution in [1.29, 1.82) is 0 Å². The Morgan fingerprint density at radius 3 is 2.56 bits per heavy atom. The molecule has 0 saturated carbocycles. The van der Waals surface area contributed by atoms with Gasteiger partial charge in [0.25, 0.3) is 10.0 Å². The highest BCUT2D eigenvalue weighted by Crippen LogP contribution is 2.30. The van der Waals surface area contributed by atoms with Gasteiger partial charge in [0, 0.05) is 35.8 Å². The zero-order valence-corrected chi connectivity index (χ0v) is 26.2. The van der Waals surface area contributed by atoms with Gasteiger partial charge >= 0.3 is 6.03 Å². The molecule has 0 radical (unpaired) electrons. The molecule has 3 N–H and O–H groups in total. The molecule has 4 rings (SSSR count). The Labute approximate surface area is 256 Å². The van der Waals surface area contributed by atoms with Crippen molar-refractivity contribution >= 4 is 44.9 Å². The molecule has 1 aliphatic heterocycles. The highest BCUT2D eigenvalue weighted by Gasteiger charge is 2.32. The van der Waals surface area contributed by atoms with Gasteiger partial charge in [0.15, 0.2) is 5.76 Å². The van der Waals surface area contributed by atoms with E-state index in [0.29, 0.717) is 33.5 Å². The summed E-state index contributed by atoms with van der Waals surface area (Å²) in [4.78, 5) is 29.6. The molecule has 0 unspecified atom stereocenters. The van der Waals surface area contributed by atoms with Crippen molar-refractivity contribution in [2.45, 2.75) is 51.2 Å². The molecule has 0 bridgehead atoms. The van der Waals surface area contributed by atoms with E-state index in [2.05, 4.69) is 15.2 Å². The number of aliphatic hydroxyl groups excluding tert-OH is 1. The summed E-state index contributed by atoms with van der Waals surface area (Å²) < 4.78 is 40.1. The summed E-state index contributed by atoms with van der Waals surface area (Å²) in [5.41, 5.74) is 1.74. The van der Waals surface area contributed by atoms with E-state index in [-0.39, 0.29) is 48.5 Å². The Bertz CT molecular complexity index is 1560. The van der Waals surface area contributed by atoms with E-state index in [9.17, 15) is 23.1 Å². The highest BCUT2D eigenvalue weighted by molar-refractivity contribution is 7.92. The maximum Gasteiger partial charge on any atom is 0.321 e. The number of aliphatic hydroxyl groups is 1. The molecule has 2 aromatic carbocycles. The number of likely N-dealkylation sites (N-methyl/N-ethyl adjacent to an activating group) is 1. The number of rotatable bonds is 8. The number of carbonyl (C=O) groups is 2. The maximum absolute atomic E-state index is 13.5. The number of carbonyl (C=O) groups excluding carboxylic acids is 2. The first-order chi connectivity index (χ1) is 20.3. The molecule has 232 valence electrons. The van der Waals surface area contributed by atoms with E-state index < -0.39 is 28.2 Å². The van der Waals surface area contributed by atoms with E-state index in [1.54, 1.807) is 50.9 Å². The standard InChI is InChI=1S/C29H36ClN5O7S/c1-17-14-35(18(2)16-36)27(37)13-21-12-23(33-43(39,40)24-9-6-22(30)7-10-24)8-11-25(21)41-26(17)15-34(5)29(38)31-28-19(3)32-42-20(28)4/h6-12,17-18,26,33,36H,13-16H2,1-5H3,(H,31,38)/t17-,18-,26-/m1/s1. The van der Waals surface area contributed by atoms with Crippen molar-refractivity contribution < 1.29 is 32.4 Å². The predicted octanol–water partition coefficient (Wildman–Crippen LogP) is 4.06. The molecule has 0 fully saturated rings. The van der Waals surface area contributed by atoms with Crippen LogP contribution in [0.4, 0.5) is 16.2 Å². The first kappa shape index (κ1) is 32.1. The molecule has 1 aromatic heterocycles. The third kappa shape index (κ3) is 7.59. The molecule has 14 heteroatoms. The van der Waals surface area contributed by atoms with Gasteiger partial charge in [-0.1, -0.05) is 23.7 Å². The SMILES string of the molecule is Cc1noc(C)c1NC(=O)N(C)C[C@H]1Oc2ccc(NS(=O)(=O)c3ccc(Cl)cc3)cc2CC(=O)N([C@H](C)CO)C[C@H]1C. The fraction of sp³-hybridized carbons (Fsp3) is 0.414. The maximum atomic E-state index is 13.5. The number of aromatic nitrogens is 1. The summed E-state index contributed by atoms with van der Waals surface area (Å²) in [5.74, 6) is 0.370. The van der Waals surface area contributed by atoms with Crippen molar-refractivity contribution in [2.75, 3.05) is 36.8 Å². The molecule has 0 aliphatic carbocycles. The second-order valence-corrected chi connectivity index (χ2v) is 12.9. The molecule has 1 aliphatic rings. The minimum absolute atomic E-state index is 0.0301. The first-order valence-corrected chi connectivity index (χ1v) is 15.6. The van der Waals surface area contributed by atoms with Gasteiger partial charge in [-0.15, -0.1) is 0 Å². The molecular formula is C29H36ClN5O7S. The zero-order valence-electron chi connectivity index (χ0n) is 24.6. The monoisotopic (exact) mass is 633 g/mol. The number of halogens is 1. The lowest BCUT2D eigenvalue weighted by Gasteiger charge is -2.34. The molecule has 43 heavy (non-hydrogen) atoms. The van der Waals surface area contributed by atoms with Crippen LogP contribution in [0.5, 0.6) is 5.75 Å². The fourth-order valence-electron chi connectivity index (χ4n) is 4.76. The molecule has 2 heterocycles. The lowest BCUT2D eigenvalue weighted by atomic mass is 10.0. The minimum Gasteiger partial charge on any atom is -0.488 e. The van der Waals surface area contributed by atoms with Crippen LogP contribution in [-0.4, -0.2) is 79.3 Å². The summed E-state index contributed by atoms with van der Waals surface area (Å²) in [6.07, 6.45) is -0.645. The minimum atomic E-state index is -3.93. The predicted molar refractivity (Wildman–Crippen MR) is 162 cm³/mol. The van der Waals surface area contributed by atoms with Crippen LogP contribution in [0.2, 0.25) is 5.02 Å². The lowest BCUT2D eigenvalue weighted by Crippen LogP contribution is -2.48. The first-order valence-electron chi connectivity index (χ1n) is 13.7. The van der Waals surface area contributed by atoms with Gasteiger partial charge in [0.05, 0.1) is 30.5 Å². The van der Waals surface area contributed by atoms with Gasteiger partial charge in [-0.2, -0.15) is 0 Å². The number of nitrogens with one attached hydrogen (secondary N) is 2. The average molecular weight is 634 g/mol.